The molecule has 0 atom stereocenters. The summed E-state index contributed by atoms with van der Waals surface area (Å²) >= 11 is 0. The van der Waals surface area contributed by atoms with Crippen LogP contribution in [0.3, 0.4) is 0 Å². The number of hydrogen-bond donors (Lipinski definition) is 0. The van der Waals surface area contributed by atoms with Gasteiger partial charge in [-0.25, -0.2) is 4.98 Å². The molecule has 0 radical (unpaired) electrons. The summed E-state index contributed by atoms with van der Waals surface area (Å²) in [6, 6.07) is 18.4. The Hall–Kier alpha value is -3.57. The molecule has 0 amide bonds. The summed E-state index contributed by atoms with van der Waals surface area (Å²) in [6.07, 6.45) is 7.61. The van der Waals surface area contributed by atoms with Crippen molar-refractivity contribution in [1.29, 1.82) is 0 Å². The van der Waals surface area contributed by atoms with Gasteiger partial charge in [0.05, 0.1) is 5.69 Å². The highest BCUT2D eigenvalue weighted by Gasteiger charge is 2.23. The van der Waals surface area contributed by atoms with Crippen LogP contribution in [0.25, 0.3) is 16.9 Å². The van der Waals surface area contributed by atoms with Gasteiger partial charge in [-0.2, -0.15) is 0 Å². The van der Waals surface area contributed by atoms with Crippen LogP contribution in [-0.4, -0.2) is 34.2 Å². The molecule has 1 saturated heterocycles. The number of carbonyl (C=O) groups is 2. The first kappa shape index (κ1) is 21.0. The maximum atomic E-state index is 12.8. The molecule has 34 heavy (non-hydrogen) atoms. The number of carbonyl (C=O) groups excluding carboxylic acids is 2. The van der Waals surface area contributed by atoms with Gasteiger partial charge < -0.3 is 4.74 Å². The molecule has 0 spiro atoms. The Balaban J connectivity index is 1.26. The number of pyridine rings is 1. The molecule has 0 N–H and O–H groups in total. The number of imidazole rings is 1. The first-order valence-corrected chi connectivity index (χ1v) is 12.0. The molecule has 4 aromatic rings. The van der Waals surface area contributed by atoms with Crippen LogP contribution in [0.5, 0.6) is 0 Å². The fourth-order valence-electron chi connectivity index (χ4n) is 5.26. The van der Waals surface area contributed by atoms with Crippen molar-refractivity contribution in [2.75, 3.05) is 13.2 Å². The van der Waals surface area contributed by atoms with Crippen molar-refractivity contribution in [3.05, 3.63) is 94.8 Å². The van der Waals surface area contributed by atoms with Crippen molar-refractivity contribution in [2.24, 2.45) is 5.92 Å². The number of benzene rings is 2. The molecule has 2 aliphatic rings. The molecule has 2 aromatic heterocycles. The number of nitrogens with zero attached hydrogens (tertiary/aromatic N) is 2. The largest absolute Gasteiger partial charge is 0.381 e. The van der Waals surface area contributed by atoms with E-state index in [4.69, 9.17) is 4.74 Å². The summed E-state index contributed by atoms with van der Waals surface area (Å²) in [7, 11) is 0. The number of aromatic nitrogens is 2. The third-order valence-electron chi connectivity index (χ3n) is 7.18. The van der Waals surface area contributed by atoms with Crippen LogP contribution in [0.4, 0.5) is 0 Å². The molecule has 2 aromatic carbocycles. The predicted octanol–water partition coefficient (Wildman–Crippen LogP) is 5.33. The zero-order valence-corrected chi connectivity index (χ0v) is 19.0. The Morgan fingerprint density at radius 1 is 1.00 bits per heavy atom. The topological polar surface area (TPSA) is 60.7 Å². The van der Waals surface area contributed by atoms with Gasteiger partial charge >= 0.3 is 0 Å². The lowest BCUT2D eigenvalue weighted by Crippen LogP contribution is -2.23. The number of rotatable bonds is 5. The molecule has 0 bridgehead atoms. The number of fused-ring (bicyclic) bond motifs is 2. The van der Waals surface area contributed by atoms with E-state index < -0.39 is 0 Å². The summed E-state index contributed by atoms with van der Waals surface area (Å²) in [6.45, 7) is 1.35. The molecule has 1 aliphatic heterocycles. The van der Waals surface area contributed by atoms with E-state index in [0.717, 1.165) is 70.4 Å². The van der Waals surface area contributed by atoms with Gasteiger partial charge in [-0.05, 0) is 53.6 Å². The zero-order valence-electron chi connectivity index (χ0n) is 19.0. The Morgan fingerprint density at radius 3 is 2.65 bits per heavy atom. The predicted molar refractivity (Wildman–Crippen MR) is 130 cm³/mol. The highest BCUT2D eigenvalue weighted by molar-refractivity contribution is 6.01. The summed E-state index contributed by atoms with van der Waals surface area (Å²) in [5.41, 5.74) is 8.15. The number of Topliss-reactive ketones (excluding diaryl/α,β-unsaturated/α-hetero) is 2. The van der Waals surface area contributed by atoms with Crippen molar-refractivity contribution in [1.82, 2.24) is 9.38 Å². The number of hydrogen-bond acceptors (Lipinski definition) is 4. The van der Waals surface area contributed by atoms with Crippen molar-refractivity contribution in [2.45, 2.75) is 32.1 Å². The minimum Gasteiger partial charge on any atom is -0.381 e. The molecular weight excluding hydrogens is 424 g/mol. The van der Waals surface area contributed by atoms with Gasteiger partial charge in [0.15, 0.2) is 11.6 Å². The summed E-state index contributed by atoms with van der Waals surface area (Å²) in [5.74, 6) is 0.546. The monoisotopic (exact) mass is 450 g/mol. The number of aryl methyl sites for hydroxylation is 1. The van der Waals surface area contributed by atoms with Crippen LogP contribution in [0.15, 0.2) is 67.0 Å². The molecule has 1 fully saturated rings. The van der Waals surface area contributed by atoms with Crippen LogP contribution >= 0.6 is 0 Å². The summed E-state index contributed by atoms with van der Waals surface area (Å²) < 4.78 is 7.51. The van der Waals surface area contributed by atoms with Crippen LogP contribution in [-0.2, 0) is 17.6 Å². The minimum absolute atomic E-state index is 0.0778. The van der Waals surface area contributed by atoms with E-state index >= 15 is 0 Å². The molecule has 5 nitrogen and oxygen atoms in total. The quantitative estimate of drug-likeness (QED) is 0.386. The zero-order chi connectivity index (χ0) is 23.1. The second-order valence-electron chi connectivity index (χ2n) is 9.28. The van der Waals surface area contributed by atoms with Gasteiger partial charge in [-0.1, -0.05) is 42.5 Å². The molecule has 170 valence electrons. The van der Waals surface area contributed by atoms with Crippen LogP contribution in [0.2, 0.25) is 0 Å². The lowest BCUT2D eigenvalue weighted by molar-refractivity contribution is 0.0545. The van der Waals surface area contributed by atoms with Crippen molar-refractivity contribution in [3.63, 3.8) is 0 Å². The Morgan fingerprint density at radius 2 is 1.82 bits per heavy atom. The molecule has 1 aliphatic carbocycles. The SMILES string of the molecule is O=C1CCc2cc(-c3ccc(Cc4ccc(C(=O)C5CCOCC5)cc4)c4nccn34)ccc21. The van der Waals surface area contributed by atoms with Crippen molar-refractivity contribution in [3.8, 4) is 11.3 Å². The lowest BCUT2D eigenvalue weighted by Gasteiger charge is -2.20. The summed E-state index contributed by atoms with van der Waals surface area (Å²) in [4.78, 5) is 29.4. The van der Waals surface area contributed by atoms with E-state index in [1.54, 1.807) is 0 Å². The van der Waals surface area contributed by atoms with Gasteiger partial charge in [0, 0.05) is 55.5 Å². The van der Waals surface area contributed by atoms with E-state index in [-0.39, 0.29) is 17.5 Å². The van der Waals surface area contributed by atoms with Crippen molar-refractivity contribution < 1.29 is 14.3 Å². The van der Waals surface area contributed by atoms with E-state index in [2.05, 4.69) is 39.7 Å². The van der Waals surface area contributed by atoms with Gasteiger partial charge in [-0.15, -0.1) is 0 Å². The van der Waals surface area contributed by atoms with Gasteiger partial charge in [0.25, 0.3) is 0 Å². The van der Waals surface area contributed by atoms with Crippen LogP contribution in [0, 0.1) is 5.92 Å². The molecular formula is C29H26N2O3. The summed E-state index contributed by atoms with van der Waals surface area (Å²) in [5, 5.41) is 0. The van der Waals surface area contributed by atoms with Gasteiger partial charge in [0.2, 0.25) is 0 Å². The molecule has 5 heteroatoms. The van der Waals surface area contributed by atoms with Crippen LogP contribution < -0.4 is 0 Å². The molecule has 0 unspecified atom stereocenters. The number of ketones is 2. The lowest BCUT2D eigenvalue weighted by atomic mass is 9.90. The first-order chi connectivity index (χ1) is 16.7. The maximum absolute atomic E-state index is 12.8. The maximum Gasteiger partial charge on any atom is 0.166 e. The normalized spacial score (nSPS) is 16.2. The minimum atomic E-state index is 0.0778. The standard InChI is InChI=1S/C29H26N2O3/c32-27-10-7-22-18-23(5-8-25(22)27)26-9-6-24(29-30-13-14-31(26)29)17-19-1-3-20(4-2-19)28(33)21-11-15-34-16-12-21/h1-6,8-9,13-14,18,21H,7,10-12,15-17H2. The fraction of sp³-hybridized carbons (Fsp3) is 0.276. The third kappa shape index (κ3) is 3.76. The van der Waals surface area contributed by atoms with E-state index in [1.165, 1.54) is 0 Å². The second kappa shape index (κ2) is 8.65. The van der Waals surface area contributed by atoms with Gasteiger partial charge in [0.1, 0.15) is 5.65 Å². The van der Waals surface area contributed by atoms with E-state index in [0.29, 0.717) is 19.6 Å². The highest BCUT2D eigenvalue weighted by Crippen LogP contribution is 2.30. The third-order valence-corrected chi connectivity index (χ3v) is 7.18. The Kier molecular flexibility index (Phi) is 5.34. The first-order valence-electron chi connectivity index (χ1n) is 12.0. The van der Waals surface area contributed by atoms with Gasteiger partial charge in [-0.3, -0.25) is 14.0 Å². The van der Waals surface area contributed by atoms with E-state index in [9.17, 15) is 9.59 Å². The Bertz CT molecular complexity index is 1390. The van der Waals surface area contributed by atoms with E-state index in [1.807, 2.05) is 36.7 Å². The van der Waals surface area contributed by atoms with Crippen molar-refractivity contribution >= 4 is 17.2 Å². The smallest absolute Gasteiger partial charge is 0.166 e. The average molecular weight is 451 g/mol. The number of ether oxygens (including phenoxy) is 1. The second-order valence-corrected chi connectivity index (χ2v) is 9.28. The van der Waals surface area contributed by atoms with Crippen LogP contribution in [0.1, 0.15) is 56.7 Å². The molecule has 3 heterocycles. The molecule has 6 rings (SSSR count). The highest BCUT2D eigenvalue weighted by atomic mass is 16.5. The fourth-order valence-corrected chi connectivity index (χ4v) is 5.26. The molecule has 0 saturated carbocycles. The Labute approximate surface area is 198 Å². The average Bonchev–Trinajstić information content (AvgIpc) is 3.52.